The van der Waals surface area contributed by atoms with Crippen molar-refractivity contribution in [3.8, 4) is 0 Å². The van der Waals surface area contributed by atoms with Crippen LogP contribution in [0.5, 0.6) is 0 Å². The van der Waals surface area contributed by atoms with Gasteiger partial charge in [0.2, 0.25) is 11.4 Å². The fourth-order valence-corrected chi connectivity index (χ4v) is 5.55. The van der Waals surface area contributed by atoms with Gasteiger partial charge < -0.3 is 16.2 Å². The number of hydrogen-bond acceptors (Lipinski definition) is 0. The summed E-state index contributed by atoms with van der Waals surface area (Å²) in [6, 6.07) is 17.7. The monoisotopic (exact) mass is 630 g/mol. The van der Waals surface area contributed by atoms with E-state index in [0.29, 0.717) is 0 Å². The molecule has 0 saturated carbocycles. The first-order valence-electron chi connectivity index (χ1n) is 16.6. The normalized spacial score (nSPS) is 12.4. The van der Waals surface area contributed by atoms with Crippen LogP contribution in [-0.2, 0) is 29.3 Å². The fourth-order valence-electron chi connectivity index (χ4n) is 5.55. The Balaban J connectivity index is 0.00000232. The van der Waals surface area contributed by atoms with Crippen LogP contribution >= 0.6 is 0 Å². The molecular weight excluding hydrogens is 571 g/mol. The molecule has 242 valence electrons. The summed E-state index contributed by atoms with van der Waals surface area (Å²) in [6.45, 7) is 8.97. The molecule has 1 aliphatic rings. The Labute approximate surface area is 275 Å². The molecule has 0 amide bonds. The molecule has 1 heterocycles. The molecular formula is C38H60N4Ni. The van der Waals surface area contributed by atoms with Crippen LogP contribution in [0.1, 0.15) is 127 Å². The first-order valence-corrected chi connectivity index (χ1v) is 16.6. The van der Waals surface area contributed by atoms with Crippen LogP contribution in [0, 0.1) is 0 Å². The zero-order valence-corrected chi connectivity index (χ0v) is 29.6. The van der Waals surface area contributed by atoms with Gasteiger partial charge in [0.1, 0.15) is 0 Å². The van der Waals surface area contributed by atoms with Crippen LogP contribution < -0.4 is 0 Å². The Morgan fingerprint density at radius 2 is 1.00 bits per heavy atom. The van der Waals surface area contributed by atoms with Crippen LogP contribution in [0.4, 0.5) is 0 Å². The van der Waals surface area contributed by atoms with Gasteiger partial charge in [0, 0.05) is 22.3 Å². The quantitative estimate of drug-likeness (QED) is 0.101. The van der Waals surface area contributed by atoms with Gasteiger partial charge in [-0.25, -0.2) is 4.70 Å². The van der Waals surface area contributed by atoms with Gasteiger partial charge in [-0.3, -0.25) is 0 Å². The summed E-state index contributed by atoms with van der Waals surface area (Å²) >= 11 is 0. The third-order valence-corrected chi connectivity index (χ3v) is 7.62. The average Bonchev–Trinajstić information content (AvgIpc) is 3.28. The first kappa shape index (κ1) is 40.9. The minimum Gasteiger partial charge on any atom is -0.668 e. The van der Waals surface area contributed by atoms with Crippen molar-refractivity contribution in [1.82, 2.24) is 0 Å². The van der Waals surface area contributed by atoms with Gasteiger partial charge in [0.05, 0.1) is 0 Å². The third kappa shape index (κ3) is 14.1. The van der Waals surface area contributed by atoms with Gasteiger partial charge in [-0.05, 0) is 73.9 Å². The molecule has 0 bridgehead atoms. The van der Waals surface area contributed by atoms with Crippen LogP contribution in [0.3, 0.4) is 0 Å². The molecule has 0 N–H and O–H groups in total. The summed E-state index contributed by atoms with van der Waals surface area (Å²) in [5, 5.41) is 7.00. The van der Waals surface area contributed by atoms with E-state index in [1.165, 1.54) is 91.2 Å². The minimum absolute atomic E-state index is 0. The van der Waals surface area contributed by atoms with E-state index in [4.69, 9.17) is 0 Å². The molecule has 0 radical (unpaired) electrons. The number of aryl methyl sites for hydroxylation is 2. The van der Waals surface area contributed by atoms with E-state index in [1.807, 2.05) is 0 Å². The second-order valence-electron chi connectivity index (χ2n) is 11.3. The Bertz CT molecular complexity index is 1100. The van der Waals surface area contributed by atoms with Gasteiger partial charge in [-0.15, -0.1) is 0 Å². The van der Waals surface area contributed by atoms with Gasteiger partial charge in [-0.2, -0.15) is 28.2 Å². The molecule has 0 spiro atoms. The first-order chi connectivity index (χ1) is 20.5. The molecule has 0 aromatic heterocycles. The van der Waals surface area contributed by atoms with Crippen molar-refractivity contribution in [3.63, 3.8) is 0 Å². The molecule has 0 fully saturated rings. The van der Waals surface area contributed by atoms with E-state index in [0.717, 1.165) is 48.2 Å². The van der Waals surface area contributed by atoms with E-state index < -0.39 is 0 Å². The number of benzene rings is 2. The van der Waals surface area contributed by atoms with Crippen LogP contribution in [0.15, 0.2) is 59.7 Å². The molecule has 0 aliphatic carbocycles. The van der Waals surface area contributed by atoms with E-state index in [-0.39, 0.29) is 16.5 Å². The Morgan fingerprint density at radius 1 is 0.558 bits per heavy atom. The number of allylic oxidation sites excluding steroid dienone is 2. The Kier molecular flexibility index (Phi) is 24.1. The van der Waals surface area contributed by atoms with Gasteiger partial charge in [0.25, 0.3) is 0 Å². The number of rotatable bonds is 16. The summed E-state index contributed by atoms with van der Waals surface area (Å²) in [7, 11) is 7.00. The largest absolute Gasteiger partial charge is 2.00 e. The van der Waals surface area contributed by atoms with E-state index >= 15 is 0 Å². The Morgan fingerprint density at radius 3 is 1.53 bits per heavy atom. The SMILES string of the molecule is CCCCCCCCC1=C(c2cccc(CC)c2)[N+](=[N-])C(c2cccc(CCCCCC)c2)=C1CC.C[N-]C.C[N-]C.[Ni+2]. The van der Waals surface area contributed by atoms with Crippen LogP contribution in [0.2, 0.25) is 0 Å². The summed E-state index contributed by atoms with van der Waals surface area (Å²) in [4.78, 5) is 0. The van der Waals surface area contributed by atoms with Crippen molar-refractivity contribution in [2.24, 2.45) is 0 Å². The second-order valence-corrected chi connectivity index (χ2v) is 11.3. The summed E-state index contributed by atoms with van der Waals surface area (Å²) < 4.78 is 1.52. The molecule has 2 aromatic rings. The second kappa shape index (κ2) is 25.3. The maximum absolute atomic E-state index is 11.7. The maximum atomic E-state index is 11.7. The molecule has 0 unspecified atom stereocenters. The average molecular weight is 632 g/mol. The van der Waals surface area contributed by atoms with Gasteiger partial charge >= 0.3 is 16.5 Å². The smallest absolute Gasteiger partial charge is 0.668 e. The van der Waals surface area contributed by atoms with Crippen LogP contribution in [-0.4, -0.2) is 32.9 Å². The van der Waals surface area contributed by atoms with Crippen molar-refractivity contribution >= 4 is 11.4 Å². The van der Waals surface area contributed by atoms with Crippen LogP contribution in [0.25, 0.3) is 27.6 Å². The molecule has 5 heteroatoms. The predicted molar refractivity (Wildman–Crippen MR) is 186 cm³/mol. The molecule has 2 aromatic carbocycles. The number of nitrogens with zero attached hydrogens (tertiary/aromatic N) is 4. The molecule has 1 aliphatic heterocycles. The van der Waals surface area contributed by atoms with E-state index in [9.17, 15) is 5.53 Å². The molecule has 0 atom stereocenters. The number of unbranched alkanes of at least 4 members (excludes halogenated alkanes) is 8. The standard InChI is InChI=1S/C34H48N2.2C2H6N.Ni/c1-5-9-11-13-14-16-24-32-31(8-4)33(30-23-18-21-28(26-30)19-15-12-10-6-2)36(35)34(32)29-22-17-20-27(7-3)25-29;2*1-3-2;/h17-18,20-23,25-26H,5-16,19,24H2,1-4H3;2*1-2H3;/q;2*-1;+2. The molecule has 0 saturated heterocycles. The predicted octanol–water partition coefficient (Wildman–Crippen LogP) is 11.9. The Hall–Kier alpha value is -2.07. The van der Waals surface area contributed by atoms with Crippen molar-refractivity contribution in [1.29, 1.82) is 0 Å². The zero-order valence-electron chi connectivity index (χ0n) is 28.6. The van der Waals surface area contributed by atoms with Crippen molar-refractivity contribution < 1.29 is 21.2 Å². The topological polar surface area (TPSA) is 53.5 Å². The van der Waals surface area contributed by atoms with Gasteiger partial charge in [0.15, 0.2) is 0 Å². The van der Waals surface area contributed by atoms with E-state index in [2.05, 4.69) is 86.9 Å². The summed E-state index contributed by atoms with van der Waals surface area (Å²) in [6.07, 6.45) is 16.9. The summed E-state index contributed by atoms with van der Waals surface area (Å²) in [5.41, 5.74) is 21.3. The molecule has 3 rings (SSSR count). The van der Waals surface area contributed by atoms with Crippen molar-refractivity contribution in [2.75, 3.05) is 28.2 Å². The molecule has 4 nitrogen and oxygen atoms in total. The maximum Gasteiger partial charge on any atom is 2.00 e. The molecule has 43 heavy (non-hydrogen) atoms. The fraction of sp³-hybridized carbons (Fsp3) is 0.579. The number of hydrogen-bond donors (Lipinski definition) is 0. The van der Waals surface area contributed by atoms with Crippen molar-refractivity contribution in [3.05, 3.63) is 98.1 Å². The minimum atomic E-state index is 0. The van der Waals surface area contributed by atoms with Gasteiger partial charge in [-0.1, -0.05) is 103 Å². The van der Waals surface area contributed by atoms with Crippen molar-refractivity contribution in [2.45, 2.75) is 118 Å². The zero-order chi connectivity index (χ0) is 31.2. The summed E-state index contributed by atoms with van der Waals surface area (Å²) in [5.74, 6) is 0. The third-order valence-electron chi connectivity index (χ3n) is 7.62. The van der Waals surface area contributed by atoms with E-state index in [1.54, 1.807) is 28.2 Å².